The molecule has 3 heteroatoms. The van der Waals surface area contributed by atoms with Crippen molar-refractivity contribution in [3.05, 3.63) is 0 Å². The molecule has 106 valence electrons. The maximum atomic E-state index is 12.2. The number of carbonyl (C=O) groups excluding carboxylic acids is 1. The molecular weight excluding hydrogens is 226 g/mol. The number of rotatable bonds is 8. The number of carbonyl (C=O) groups is 1. The molecule has 18 heavy (non-hydrogen) atoms. The average molecular weight is 255 g/mol. The molecule has 0 N–H and O–H groups in total. The quantitative estimate of drug-likeness (QED) is 0.668. The van der Waals surface area contributed by atoms with Crippen LogP contribution in [0.3, 0.4) is 0 Å². The second kappa shape index (κ2) is 8.65. The molecule has 3 nitrogen and oxygen atoms in total. The summed E-state index contributed by atoms with van der Waals surface area (Å²) in [6, 6.07) is 0. The molecule has 0 amide bonds. The zero-order valence-corrected chi connectivity index (χ0v) is 12.3. The molecule has 0 unspecified atom stereocenters. The van der Waals surface area contributed by atoms with Crippen molar-refractivity contribution in [2.75, 3.05) is 32.8 Å². The van der Waals surface area contributed by atoms with Gasteiger partial charge in [-0.2, -0.15) is 0 Å². The van der Waals surface area contributed by atoms with Crippen LogP contribution in [0.1, 0.15) is 46.5 Å². The first-order chi connectivity index (χ1) is 8.69. The Morgan fingerprint density at radius 1 is 1.22 bits per heavy atom. The van der Waals surface area contributed by atoms with Crippen LogP contribution in [0.25, 0.3) is 0 Å². The SMILES string of the molecule is CC[C@H](C(=O)CCCN1CCOCC1)[C@@H](C)CC. The maximum absolute atomic E-state index is 12.2. The fraction of sp³-hybridized carbons (Fsp3) is 0.933. The second-order valence-corrected chi connectivity index (χ2v) is 5.42. The van der Waals surface area contributed by atoms with Crippen molar-refractivity contribution in [1.82, 2.24) is 4.90 Å². The van der Waals surface area contributed by atoms with Crippen molar-refractivity contribution in [2.45, 2.75) is 46.5 Å². The van der Waals surface area contributed by atoms with Gasteiger partial charge >= 0.3 is 0 Å². The summed E-state index contributed by atoms with van der Waals surface area (Å²) in [6.45, 7) is 11.3. The highest BCUT2D eigenvalue weighted by Gasteiger charge is 2.21. The topological polar surface area (TPSA) is 29.5 Å². The molecule has 1 saturated heterocycles. The molecule has 0 saturated carbocycles. The van der Waals surface area contributed by atoms with E-state index in [2.05, 4.69) is 25.7 Å². The van der Waals surface area contributed by atoms with Crippen LogP contribution in [0.5, 0.6) is 0 Å². The van der Waals surface area contributed by atoms with Gasteiger partial charge in [-0.15, -0.1) is 0 Å². The summed E-state index contributed by atoms with van der Waals surface area (Å²) in [6.07, 6.45) is 3.85. The molecule has 0 spiro atoms. The fourth-order valence-electron chi connectivity index (χ4n) is 2.72. The van der Waals surface area contributed by atoms with Gasteiger partial charge in [-0.1, -0.05) is 27.2 Å². The Hall–Kier alpha value is -0.410. The highest BCUT2D eigenvalue weighted by molar-refractivity contribution is 5.81. The molecule has 0 aromatic heterocycles. The Morgan fingerprint density at radius 3 is 2.44 bits per heavy atom. The van der Waals surface area contributed by atoms with Gasteiger partial charge in [0.2, 0.25) is 0 Å². The smallest absolute Gasteiger partial charge is 0.136 e. The number of morpholine rings is 1. The molecule has 0 radical (unpaired) electrons. The number of hydrogen-bond donors (Lipinski definition) is 0. The van der Waals surface area contributed by atoms with Crippen LogP contribution in [0.4, 0.5) is 0 Å². The Balaban J connectivity index is 2.22. The van der Waals surface area contributed by atoms with Crippen molar-refractivity contribution in [3.8, 4) is 0 Å². The molecule has 0 bridgehead atoms. The van der Waals surface area contributed by atoms with E-state index in [-0.39, 0.29) is 5.92 Å². The van der Waals surface area contributed by atoms with Crippen LogP contribution in [0, 0.1) is 11.8 Å². The van der Waals surface area contributed by atoms with E-state index in [1.54, 1.807) is 0 Å². The number of ketones is 1. The molecular formula is C15H29NO2. The van der Waals surface area contributed by atoms with Gasteiger partial charge in [0.25, 0.3) is 0 Å². The van der Waals surface area contributed by atoms with Gasteiger partial charge < -0.3 is 4.74 Å². The van der Waals surface area contributed by atoms with E-state index >= 15 is 0 Å². The van der Waals surface area contributed by atoms with E-state index in [1.165, 1.54) is 0 Å². The van der Waals surface area contributed by atoms with Gasteiger partial charge in [0, 0.05) is 25.4 Å². The Morgan fingerprint density at radius 2 is 1.89 bits per heavy atom. The second-order valence-electron chi connectivity index (χ2n) is 5.42. The van der Waals surface area contributed by atoms with Crippen LogP contribution < -0.4 is 0 Å². The zero-order valence-electron chi connectivity index (χ0n) is 12.3. The third-order valence-electron chi connectivity index (χ3n) is 4.19. The third kappa shape index (κ3) is 5.07. The van der Waals surface area contributed by atoms with Crippen LogP contribution >= 0.6 is 0 Å². The lowest BCUT2D eigenvalue weighted by molar-refractivity contribution is -0.124. The van der Waals surface area contributed by atoms with Crippen LogP contribution in [0.15, 0.2) is 0 Å². The summed E-state index contributed by atoms with van der Waals surface area (Å²) in [5.41, 5.74) is 0. The molecule has 1 rings (SSSR count). The predicted octanol–water partition coefficient (Wildman–Crippen LogP) is 2.74. The fourth-order valence-corrected chi connectivity index (χ4v) is 2.72. The Bertz CT molecular complexity index is 237. The third-order valence-corrected chi connectivity index (χ3v) is 4.19. The van der Waals surface area contributed by atoms with Gasteiger partial charge in [0.1, 0.15) is 5.78 Å². The molecule has 1 aliphatic heterocycles. The minimum atomic E-state index is 0.277. The van der Waals surface area contributed by atoms with E-state index in [0.29, 0.717) is 11.7 Å². The normalized spacial score (nSPS) is 20.6. The molecule has 1 fully saturated rings. The maximum Gasteiger partial charge on any atom is 0.136 e. The number of hydrogen-bond acceptors (Lipinski definition) is 3. The van der Waals surface area contributed by atoms with Crippen molar-refractivity contribution in [2.24, 2.45) is 11.8 Å². The predicted molar refractivity (Wildman–Crippen MR) is 74.7 cm³/mol. The summed E-state index contributed by atoms with van der Waals surface area (Å²) in [4.78, 5) is 14.6. The average Bonchev–Trinajstić information content (AvgIpc) is 2.40. The van der Waals surface area contributed by atoms with E-state index in [9.17, 15) is 4.79 Å². The lowest BCUT2D eigenvalue weighted by Crippen LogP contribution is -2.37. The highest BCUT2D eigenvalue weighted by atomic mass is 16.5. The first kappa shape index (κ1) is 15.6. The van der Waals surface area contributed by atoms with E-state index in [0.717, 1.165) is 58.5 Å². The largest absolute Gasteiger partial charge is 0.379 e. The monoisotopic (exact) mass is 255 g/mol. The van der Waals surface area contributed by atoms with E-state index < -0.39 is 0 Å². The van der Waals surface area contributed by atoms with Gasteiger partial charge in [-0.3, -0.25) is 9.69 Å². The van der Waals surface area contributed by atoms with Crippen molar-refractivity contribution >= 4 is 5.78 Å². The molecule has 0 aromatic rings. The minimum absolute atomic E-state index is 0.277. The molecule has 2 atom stereocenters. The van der Waals surface area contributed by atoms with Gasteiger partial charge in [-0.05, 0) is 25.3 Å². The first-order valence-electron chi connectivity index (χ1n) is 7.51. The molecule has 0 aromatic carbocycles. The van der Waals surface area contributed by atoms with Crippen LogP contribution in [-0.2, 0) is 9.53 Å². The van der Waals surface area contributed by atoms with E-state index in [4.69, 9.17) is 4.74 Å². The van der Waals surface area contributed by atoms with E-state index in [1.807, 2.05) is 0 Å². The summed E-state index contributed by atoms with van der Waals surface area (Å²) < 4.78 is 5.32. The Labute approximate surface area is 112 Å². The number of Topliss-reactive ketones (excluding diaryl/α,β-unsaturated/α-hetero) is 1. The lowest BCUT2D eigenvalue weighted by Gasteiger charge is -2.26. The molecule has 1 heterocycles. The summed E-state index contributed by atoms with van der Waals surface area (Å²) in [5.74, 6) is 1.28. The number of nitrogens with zero attached hydrogens (tertiary/aromatic N) is 1. The minimum Gasteiger partial charge on any atom is -0.379 e. The number of ether oxygens (including phenoxy) is 1. The van der Waals surface area contributed by atoms with Crippen LogP contribution in [-0.4, -0.2) is 43.5 Å². The van der Waals surface area contributed by atoms with Gasteiger partial charge in [0.05, 0.1) is 13.2 Å². The molecule has 1 aliphatic rings. The first-order valence-corrected chi connectivity index (χ1v) is 7.51. The van der Waals surface area contributed by atoms with Gasteiger partial charge in [0.15, 0.2) is 0 Å². The Kier molecular flexibility index (Phi) is 7.52. The van der Waals surface area contributed by atoms with Crippen LogP contribution in [0.2, 0.25) is 0 Å². The summed E-state index contributed by atoms with van der Waals surface area (Å²) >= 11 is 0. The zero-order chi connectivity index (χ0) is 13.4. The van der Waals surface area contributed by atoms with Crippen molar-refractivity contribution in [3.63, 3.8) is 0 Å². The summed E-state index contributed by atoms with van der Waals surface area (Å²) in [5, 5.41) is 0. The van der Waals surface area contributed by atoms with Crippen molar-refractivity contribution < 1.29 is 9.53 Å². The molecule has 0 aliphatic carbocycles. The highest BCUT2D eigenvalue weighted by Crippen LogP contribution is 2.21. The van der Waals surface area contributed by atoms with Crippen molar-refractivity contribution in [1.29, 1.82) is 0 Å². The lowest BCUT2D eigenvalue weighted by atomic mass is 9.84. The standard InChI is InChI=1S/C15H29NO2/c1-4-13(3)14(5-2)15(17)7-6-8-16-9-11-18-12-10-16/h13-14H,4-12H2,1-3H3/t13-,14-/m0/s1. The van der Waals surface area contributed by atoms with Gasteiger partial charge in [-0.25, -0.2) is 0 Å². The summed E-state index contributed by atoms with van der Waals surface area (Å²) in [7, 11) is 0.